The highest BCUT2D eigenvalue weighted by molar-refractivity contribution is 6.09. The predicted molar refractivity (Wildman–Crippen MR) is 105 cm³/mol. The molecule has 2 aliphatic rings. The Morgan fingerprint density at radius 1 is 1.17 bits per heavy atom. The summed E-state index contributed by atoms with van der Waals surface area (Å²) in [5.41, 5.74) is 9.91. The number of furan rings is 1. The van der Waals surface area contributed by atoms with E-state index in [1.165, 1.54) is 0 Å². The van der Waals surface area contributed by atoms with E-state index in [2.05, 4.69) is 29.7 Å². The molecule has 0 bridgehead atoms. The summed E-state index contributed by atoms with van der Waals surface area (Å²) in [6.45, 7) is 6.10. The van der Waals surface area contributed by atoms with Crippen LogP contribution in [0.1, 0.15) is 47.7 Å². The van der Waals surface area contributed by atoms with Gasteiger partial charge < -0.3 is 24.9 Å². The highest BCUT2D eigenvalue weighted by Crippen LogP contribution is 2.39. The monoisotopic (exact) mass is 398 g/mol. The van der Waals surface area contributed by atoms with E-state index in [9.17, 15) is 9.59 Å². The second-order valence-electron chi connectivity index (χ2n) is 7.93. The lowest BCUT2D eigenvalue weighted by molar-refractivity contribution is 0.0993. The number of nitrogens with two attached hydrogens (primary N) is 1. The number of anilines is 1. The van der Waals surface area contributed by atoms with Crippen LogP contribution >= 0.6 is 0 Å². The summed E-state index contributed by atoms with van der Waals surface area (Å²) in [6, 6.07) is 4.42. The Morgan fingerprint density at radius 2 is 1.93 bits per heavy atom. The number of carbonyl (C=O) groups excluding carboxylic acids is 2. The third kappa shape index (κ3) is 3.63. The molecular weight excluding hydrogens is 376 g/mol. The number of hydrazone groups is 1. The first-order chi connectivity index (χ1) is 13.7. The first-order valence-electron chi connectivity index (χ1n) is 9.19. The average molecular weight is 398 g/mol. The molecule has 1 aliphatic heterocycles. The molecule has 2 heterocycles. The molecule has 4 N–H and O–H groups in total. The minimum atomic E-state index is -0.746. The summed E-state index contributed by atoms with van der Waals surface area (Å²) >= 11 is 0. The zero-order valence-electron chi connectivity index (χ0n) is 16.4. The van der Waals surface area contributed by atoms with E-state index in [0.29, 0.717) is 47.1 Å². The fraction of sp³-hybridized carbons (Fsp3) is 0.350. The predicted octanol–water partition coefficient (Wildman–Crippen LogP) is 2.91. The number of nitrogens with one attached hydrogen (secondary N) is 2. The van der Waals surface area contributed by atoms with Crippen LogP contribution in [0, 0.1) is 12.3 Å². The van der Waals surface area contributed by atoms with E-state index in [0.717, 1.165) is 5.56 Å². The Balaban J connectivity index is 1.65. The number of benzene rings is 1. The molecule has 9 heteroatoms. The zero-order chi connectivity index (χ0) is 20.8. The van der Waals surface area contributed by atoms with Crippen LogP contribution in [0.4, 0.5) is 10.5 Å². The molecule has 0 spiro atoms. The van der Waals surface area contributed by atoms with Crippen molar-refractivity contribution in [2.24, 2.45) is 16.3 Å². The van der Waals surface area contributed by atoms with Gasteiger partial charge in [0.2, 0.25) is 6.79 Å². The van der Waals surface area contributed by atoms with Gasteiger partial charge in [-0.15, -0.1) is 0 Å². The number of hydrogen-bond donors (Lipinski definition) is 3. The van der Waals surface area contributed by atoms with Crippen LogP contribution in [0.15, 0.2) is 27.7 Å². The average Bonchev–Trinajstić information content (AvgIpc) is 3.22. The highest BCUT2D eigenvalue weighted by Gasteiger charge is 2.36. The van der Waals surface area contributed by atoms with Gasteiger partial charge in [0.15, 0.2) is 17.3 Å². The van der Waals surface area contributed by atoms with Crippen LogP contribution < -0.4 is 25.9 Å². The van der Waals surface area contributed by atoms with Crippen molar-refractivity contribution in [3.8, 4) is 11.5 Å². The normalized spacial score (nSPS) is 17.7. The number of ether oxygens (including phenoxy) is 2. The largest absolute Gasteiger partial charge is 0.455 e. The summed E-state index contributed by atoms with van der Waals surface area (Å²) in [5.74, 6) is 1.71. The second kappa shape index (κ2) is 6.84. The van der Waals surface area contributed by atoms with Crippen LogP contribution in [0.25, 0.3) is 0 Å². The lowest BCUT2D eigenvalue weighted by Crippen LogP contribution is -2.31. The smallest absolute Gasteiger partial charge is 0.332 e. The third-order valence-electron chi connectivity index (χ3n) is 4.93. The molecule has 0 unspecified atom stereocenters. The van der Waals surface area contributed by atoms with Crippen molar-refractivity contribution in [1.82, 2.24) is 5.43 Å². The topological polar surface area (TPSA) is 128 Å². The zero-order valence-corrected chi connectivity index (χ0v) is 16.4. The number of amides is 3. The molecular formula is C20H22N4O5. The summed E-state index contributed by atoms with van der Waals surface area (Å²) in [7, 11) is 0. The molecule has 0 fully saturated rings. The van der Waals surface area contributed by atoms with Crippen molar-refractivity contribution in [2.75, 3.05) is 12.1 Å². The standard InChI is InChI=1S/C20H22N4O5/c1-10-16-12(23-24-19(21)26)7-20(2,3)8-15(16)29-17(10)18(25)22-11-4-5-13-14(6-11)28-9-27-13/h4-6H,7-9H2,1-3H3,(H,22,25)(H3,21,24,26)/b23-12-. The Kier molecular flexibility index (Phi) is 4.45. The number of carbonyl (C=O) groups is 2. The molecule has 3 amide bonds. The molecule has 0 atom stereocenters. The van der Waals surface area contributed by atoms with Crippen LogP contribution in [0.2, 0.25) is 0 Å². The molecule has 4 rings (SSSR count). The molecule has 1 aromatic heterocycles. The van der Waals surface area contributed by atoms with Gasteiger partial charge in [0, 0.05) is 29.3 Å². The van der Waals surface area contributed by atoms with Crippen LogP contribution in [0.3, 0.4) is 0 Å². The molecule has 2 aromatic rings. The number of hydrogen-bond acceptors (Lipinski definition) is 6. The fourth-order valence-electron chi connectivity index (χ4n) is 3.71. The Morgan fingerprint density at radius 3 is 2.69 bits per heavy atom. The van der Waals surface area contributed by atoms with E-state index in [-0.39, 0.29) is 23.9 Å². The number of urea groups is 1. The Hall–Kier alpha value is -3.49. The lowest BCUT2D eigenvalue weighted by Gasteiger charge is -2.29. The first-order valence-corrected chi connectivity index (χ1v) is 9.19. The van der Waals surface area contributed by atoms with E-state index in [4.69, 9.17) is 19.6 Å². The van der Waals surface area contributed by atoms with Gasteiger partial charge in [0.05, 0.1) is 5.71 Å². The van der Waals surface area contributed by atoms with Crippen molar-refractivity contribution >= 4 is 23.3 Å². The van der Waals surface area contributed by atoms with Crippen LogP contribution in [-0.4, -0.2) is 24.4 Å². The van der Waals surface area contributed by atoms with Crippen LogP contribution in [-0.2, 0) is 6.42 Å². The minimum Gasteiger partial charge on any atom is -0.455 e. The number of primary amides is 1. The van der Waals surface area contributed by atoms with Gasteiger partial charge in [-0.25, -0.2) is 10.2 Å². The first kappa shape index (κ1) is 18.9. The molecule has 152 valence electrons. The van der Waals surface area contributed by atoms with Crippen molar-refractivity contribution in [2.45, 2.75) is 33.6 Å². The van der Waals surface area contributed by atoms with Crippen molar-refractivity contribution < 1.29 is 23.5 Å². The van der Waals surface area contributed by atoms with Gasteiger partial charge >= 0.3 is 6.03 Å². The van der Waals surface area contributed by atoms with Gasteiger partial charge in [-0.1, -0.05) is 13.8 Å². The SMILES string of the molecule is Cc1c(C(=O)Nc2ccc3c(c2)OCO3)oc2c1/C(=N\NC(N)=O)CC(C)(C)C2. The highest BCUT2D eigenvalue weighted by atomic mass is 16.7. The molecule has 29 heavy (non-hydrogen) atoms. The van der Waals surface area contributed by atoms with E-state index in [1.54, 1.807) is 25.1 Å². The quantitative estimate of drug-likeness (QED) is 0.685. The fourth-order valence-corrected chi connectivity index (χ4v) is 3.71. The maximum atomic E-state index is 12.9. The van der Waals surface area contributed by atoms with Gasteiger partial charge in [0.25, 0.3) is 5.91 Å². The van der Waals surface area contributed by atoms with Crippen molar-refractivity contribution in [1.29, 1.82) is 0 Å². The molecule has 9 nitrogen and oxygen atoms in total. The van der Waals surface area contributed by atoms with Gasteiger partial charge in [0.1, 0.15) is 5.76 Å². The molecule has 0 saturated heterocycles. The van der Waals surface area contributed by atoms with Gasteiger partial charge in [-0.3, -0.25) is 4.79 Å². The summed E-state index contributed by atoms with van der Waals surface area (Å²) in [5, 5.41) is 6.97. The number of fused-ring (bicyclic) bond motifs is 2. The molecule has 0 radical (unpaired) electrons. The number of nitrogens with zero attached hydrogens (tertiary/aromatic N) is 1. The van der Waals surface area contributed by atoms with Crippen molar-refractivity contribution in [3.63, 3.8) is 0 Å². The number of rotatable bonds is 3. The maximum absolute atomic E-state index is 12.9. The summed E-state index contributed by atoms with van der Waals surface area (Å²) < 4.78 is 16.6. The molecule has 1 aromatic carbocycles. The maximum Gasteiger partial charge on any atom is 0.332 e. The van der Waals surface area contributed by atoms with E-state index < -0.39 is 6.03 Å². The van der Waals surface area contributed by atoms with E-state index in [1.807, 2.05) is 0 Å². The third-order valence-corrected chi connectivity index (χ3v) is 4.93. The van der Waals surface area contributed by atoms with E-state index >= 15 is 0 Å². The minimum absolute atomic E-state index is 0.138. The Labute approximate surface area is 167 Å². The lowest BCUT2D eigenvalue weighted by atomic mass is 9.75. The van der Waals surface area contributed by atoms with Crippen LogP contribution in [0.5, 0.6) is 11.5 Å². The summed E-state index contributed by atoms with van der Waals surface area (Å²) in [6.07, 6.45) is 1.26. The van der Waals surface area contributed by atoms with Crippen molar-refractivity contribution in [3.05, 3.63) is 40.8 Å². The molecule has 1 aliphatic carbocycles. The second-order valence-corrected chi connectivity index (χ2v) is 7.93. The molecule has 0 saturated carbocycles. The van der Waals surface area contributed by atoms with Gasteiger partial charge in [-0.05, 0) is 30.9 Å². The Bertz CT molecular complexity index is 1040. The van der Waals surface area contributed by atoms with Gasteiger partial charge in [-0.2, -0.15) is 5.10 Å². The summed E-state index contributed by atoms with van der Waals surface area (Å²) in [4.78, 5) is 24.0.